The molecule has 0 amide bonds. The van der Waals surface area contributed by atoms with Gasteiger partial charge >= 0.3 is 0 Å². The Kier molecular flexibility index (Phi) is 4.14. The van der Waals surface area contributed by atoms with Crippen molar-refractivity contribution in [2.24, 2.45) is 0 Å². The van der Waals surface area contributed by atoms with E-state index in [0.717, 1.165) is 0 Å². The SMILES string of the molecule is O=c1c(Cl)c(CBr)[nH]n1Cc1ccc(F)c(Cl)c1. The average molecular weight is 354 g/mol. The molecule has 0 aliphatic heterocycles. The molecule has 1 heterocycles. The van der Waals surface area contributed by atoms with Crippen molar-refractivity contribution in [1.29, 1.82) is 0 Å². The Morgan fingerprint density at radius 2 is 2.11 bits per heavy atom. The number of hydrogen-bond donors (Lipinski definition) is 1. The fourth-order valence-electron chi connectivity index (χ4n) is 1.53. The van der Waals surface area contributed by atoms with Crippen molar-refractivity contribution in [2.75, 3.05) is 0 Å². The van der Waals surface area contributed by atoms with Crippen molar-refractivity contribution in [3.63, 3.8) is 0 Å². The number of halogens is 4. The smallest absolute Gasteiger partial charge is 0.285 e. The number of nitrogens with zero attached hydrogens (tertiary/aromatic N) is 1. The number of nitrogens with one attached hydrogen (secondary N) is 1. The summed E-state index contributed by atoms with van der Waals surface area (Å²) in [7, 11) is 0. The quantitative estimate of drug-likeness (QED) is 0.841. The van der Waals surface area contributed by atoms with Gasteiger partial charge in [0.1, 0.15) is 10.8 Å². The summed E-state index contributed by atoms with van der Waals surface area (Å²) in [5.41, 5.74) is 1.00. The lowest BCUT2D eigenvalue weighted by molar-refractivity contribution is 0.622. The molecule has 0 saturated heterocycles. The van der Waals surface area contributed by atoms with Gasteiger partial charge in [0.05, 0.1) is 17.3 Å². The van der Waals surface area contributed by atoms with Crippen LogP contribution in [-0.2, 0) is 11.9 Å². The summed E-state index contributed by atoms with van der Waals surface area (Å²) in [5, 5.41) is 3.51. The maximum Gasteiger partial charge on any atom is 0.285 e. The van der Waals surface area contributed by atoms with Crippen LogP contribution in [0.5, 0.6) is 0 Å². The van der Waals surface area contributed by atoms with E-state index in [2.05, 4.69) is 21.0 Å². The summed E-state index contributed by atoms with van der Waals surface area (Å²) in [5.74, 6) is -0.488. The first kappa shape index (κ1) is 13.6. The van der Waals surface area contributed by atoms with Crippen LogP contribution in [0.15, 0.2) is 23.0 Å². The maximum absolute atomic E-state index is 13.0. The van der Waals surface area contributed by atoms with Crippen molar-refractivity contribution in [2.45, 2.75) is 11.9 Å². The molecule has 1 aromatic heterocycles. The lowest BCUT2D eigenvalue weighted by atomic mass is 10.2. The molecule has 0 fully saturated rings. The first-order chi connectivity index (χ1) is 8.52. The van der Waals surface area contributed by atoms with Gasteiger partial charge in [0.15, 0.2) is 0 Å². The molecule has 18 heavy (non-hydrogen) atoms. The fraction of sp³-hybridized carbons (Fsp3) is 0.182. The number of aromatic amines is 1. The standard InChI is InChI=1S/C11H8BrCl2FN2O/c12-4-9-10(14)11(18)17(16-9)5-6-1-2-8(15)7(13)3-6/h1-3,16H,4-5H2. The average Bonchev–Trinajstić information content (AvgIpc) is 2.62. The van der Waals surface area contributed by atoms with E-state index in [-0.39, 0.29) is 22.1 Å². The Morgan fingerprint density at radius 3 is 2.67 bits per heavy atom. The highest BCUT2D eigenvalue weighted by molar-refractivity contribution is 9.08. The molecule has 3 nitrogen and oxygen atoms in total. The summed E-state index contributed by atoms with van der Waals surface area (Å²) in [4.78, 5) is 11.8. The van der Waals surface area contributed by atoms with Gasteiger partial charge in [0, 0.05) is 5.33 Å². The molecule has 0 bridgehead atoms. The minimum atomic E-state index is -0.488. The Morgan fingerprint density at radius 1 is 1.39 bits per heavy atom. The normalized spacial score (nSPS) is 10.9. The number of aromatic nitrogens is 2. The summed E-state index contributed by atoms with van der Waals surface area (Å²) in [6, 6.07) is 4.31. The third kappa shape index (κ3) is 2.63. The molecule has 0 spiro atoms. The van der Waals surface area contributed by atoms with E-state index in [1.807, 2.05) is 0 Å². The Balaban J connectivity index is 2.34. The van der Waals surface area contributed by atoms with Gasteiger partial charge in [-0.25, -0.2) is 9.07 Å². The highest BCUT2D eigenvalue weighted by Gasteiger charge is 2.11. The van der Waals surface area contributed by atoms with Gasteiger partial charge in [-0.05, 0) is 17.7 Å². The lowest BCUT2D eigenvalue weighted by Crippen LogP contribution is -2.17. The minimum absolute atomic E-state index is 0.0268. The molecule has 2 aromatic rings. The van der Waals surface area contributed by atoms with E-state index in [4.69, 9.17) is 23.2 Å². The topological polar surface area (TPSA) is 37.8 Å². The minimum Gasteiger partial charge on any atom is -0.297 e. The van der Waals surface area contributed by atoms with Crippen molar-refractivity contribution < 1.29 is 4.39 Å². The molecule has 0 aliphatic carbocycles. The van der Waals surface area contributed by atoms with Crippen molar-refractivity contribution in [3.05, 3.63) is 55.7 Å². The van der Waals surface area contributed by atoms with E-state index in [9.17, 15) is 9.18 Å². The summed E-state index contributed by atoms with van der Waals surface area (Å²) >= 11 is 14.8. The van der Waals surface area contributed by atoms with Crippen LogP contribution in [0.4, 0.5) is 4.39 Å². The van der Waals surface area contributed by atoms with Crippen molar-refractivity contribution >= 4 is 39.1 Å². The summed E-state index contributed by atoms with van der Waals surface area (Å²) in [6.07, 6.45) is 0. The highest BCUT2D eigenvalue weighted by Crippen LogP contribution is 2.17. The number of hydrogen-bond acceptors (Lipinski definition) is 1. The Hall–Kier alpha value is -0.780. The second-order valence-corrected chi connectivity index (χ2v) is 5.02. The van der Waals surface area contributed by atoms with Crippen LogP contribution in [0.2, 0.25) is 10.0 Å². The van der Waals surface area contributed by atoms with Gasteiger partial charge in [-0.3, -0.25) is 9.89 Å². The first-order valence-electron chi connectivity index (χ1n) is 5.00. The zero-order valence-corrected chi connectivity index (χ0v) is 12.1. The van der Waals surface area contributed by atoms with Crippen LogP contribution < -0.4 is 5.56 Å². The van der Waals surface area contributed by atoms with E-state index in [1.54, 1.807) is 6.07 Å². The summed E-state index contributed by atoms with van der Waals surface area (Å²) in [6.45, 7) is 0.256. The van der Waals surface area contributed by atoms with Crippen LogP contribution in [0, 0.1) is 5.82 Å². The second kappa shape index (κ2) is 5.47. The monoisotopic (exact) mass is 352 g/mol. The first-order valence-corrected chi connectivity index (χ1v) is 6.87. The Bertz CT molecular complexity index is 638. The summed E-state index contributed by atoms with van der Waals surface area (Å²) < 4.78 is 14.4. The van der Waals surface area contributed by atoms with Gasteiger partial charge in [0.2, 0.25) is 0 Å². The molecule has 0 saturated carbocycles. The largest absolute Gasteiger partial charge is 0.297 e. The van der Waals surface area contributed by atoms with Gasteiger partial charge in [-0.2, -0.15) is 0 Å². The molecule has 0 atom stereocenters. The third-order valence-corrected chi connectivity index (χ3v) is 3.67. The van der Waals surface area contributed by atoms with E-state index in [0.29, 0.717) is 16.6 Å². The van der Waals surface area contributed by atoms with Crippen LogP contribution >= 0.6 is 39.1 Å². The number of alkyl halides is 1. The van der Waals surface area contributed by atoms with Crippen LogP contribution in [0.1, 0.15) is 11.3 Å². The molecule has 2 rings (SSSR count). The number of benzene rings is 1. The molecule has 7 heteroatoms. The molecular weight excluding hydrogens is 346 g/mol. The second-order valence-electron chi connectivity index (χ2n) is 3.68. The predicted octanol–water partition coefficient (Wildman–Crippen LogP) is 3.57. The molecular formula is C11H8BrCl2FN2O. The number of H-pyrrole nitrogens is 1. The molecule has 1 aromatic carbocycles. The number of rotatable bonds is 3. The van der Waals surface area contributed by atoms with Crippen LogP contribution in [0.25, 0.3) is 0 Å². The maximum atomic E-state index is 13.0. The van der Waals surface area contributed by atoms with Crippen molar-refractivity contribution in [1.82, 2.24) is 9.78 Å². The zero-order chi connectivity index (χ0) is 13.3. The molecule has 96 valence electrons. The zero-order valence-electron chi connectivity index (χ0n) is 9.01. The van der Waals surface area contributed by atoms with Gasteiger partial charge in [-0.15, -0.1) is 0 Å². The molecule has 1 N–H and O–H groups in total. The van der Waals surface area contributed by atoms with Crippen molar-refractivity contribution in [3.8, 4) is 0 Å². The van der Waals surface area contributed by atoms with E-state index >= 15 is 0 Å². The fourth-order valence-corrected chi connectivity index (χ4v) is 2.51. The third-order valence-electron chi connectivity index (χ3n) is 2.43. The molecule has 0 unspecified atom stereocenters. The van der Waals surface area contributed by atoms with Crippen LogP contribution in [-0.4, -0.2) is 9.78 Å². The highest BCUT2D eigenvalue weighted by atomic mass is 79.9. The van der Waals surface area contributed by atoms with E-state index in [1.165, 1.54) is 16.8 Å². The Labute approximate surface area is 121 Å². The molecule has 0 aliphatic rings. The predicted molar refractivity (Wildman–Crippen MR) is 73.2 cm³/mol. The van der Waals surface area contributed by atoms with Gasteiger partial charge in [0.25, 0.3) is 5.56 Å². The van der Waals surface area contributed by atoms with Gasteiger partial charge < -0.3 is 0 Å². The molecule has 0 radical (unpaired) electrons. The van der Waals surface area contributed by atoms with Crippen LogP contribution in [0.3, 0.4) is 0 Å². The van der Waals surface area contributed by atoms with Gasteiger partial charge in [-0.1, -0.05) is 45.2 Å². The lowest BCUT2D eigenvalue weighted by Gasteiger charge is -2.03. The van der Waals surface area contributed by atoms with E-state index < -0.39 is 5.82 Å².